The van der Waals surface area contributed by atoms with E-state index in [0.717, 1.165) is 18.2 Å². The molecular formula is C12H7ClFN3O3. The van der Waals surface area contributed by atoms with E-state index in [-0.39, 0.29) is 22.1 Å². The molecule has 0 spiro atoms. The second kappa shape index (κ2) is 5.62. The highest BCUT2D eigenvalue weighted by molar-refractivity contribution is 6.29. The van der Waals surface area contributed by atoms with Crippen molar-refractivity contribution in [1.29, 1.82) is 0 Å². The molecule has 0 unspecified atom stereocenters. The zero-order chi connectivity index (χ0) is 14.7. The van der Waals surface area contributed by atoms with E-state index in [1.165, 1.54) is 18.3 Å². The molecule has 2 aromatic rings. The Morgan fingerprint density at radius 1 is 1.35 bits per heavy atom. The normalized spacial score (nSPS) is 10.1. The maximum Gasteiger partial charge on any atom is 0.271 e. The summed E-state index contributed by atoms with van der Waals surface area (Å²) in [6.07, 6.45) is 1.32. The molecule has 1 heterocycles. The predicted molar refractivity (Wildman–Crippen MR) is 70.3 cm³/mol. The van der Waals surface area contributed by atoms with Crippen molar-refractivity contribution in [2.45, 2.75) is 0 Å². The molecular weight excluding hydrogens is 289 g/mol. The molecule has 0 atom stereocenters. The van der Waals surface area contributed by atoms with Crippen LogP contribution < -0.4 is 5.32 Å². The minimum Gasteiger partial charge on any atom is -0.319 e. The Morgan fingerprint density at radius 2 is 2.10 bits per heavy atom. The fourth-order valence-electron chi connectivity index (χ4n) is 1.46. The number of non-ortho nitro benzene ring substituents is 1. The van der Waals surface area contributed by atoms with Crippen molar-refractivity contribution >= 4 is 28.9 Å². The van der Waals surface area contributed by atoms with Crippen molar-refractivity contribution in [3.63, 3.8) is 0 Å². The summed E-state index contributed by atoms with van der Waals surface area (Å²) < 4.78 is 13.5. The molecule has 102 valence electrons. The van der Waals surface area contributed by atoms with Gasteiger partial charge in [-0.05, 0) is 18.2 Å². The van der Waals surface area contributed by atoms with E-state index in [0.29, 0.717) is 0 Å². The highest BCUT2D eigenvalue weighted by atomic mass is 35.5. The summed E-state index contributed by atoms with van der Waals surface area (Å²) in [4.78, 5) is 25.5. The van der Waals surface area contributed by atoms with Gasteiger partial charge >= 0.3 is 0 Å². The summed E-state index contributed by atoms with van der Waals surface area (Å²) in [6.45, 7) is 0. The number of amides is 1. The molecule has 0 aliphatic heterocycles. The van der Waals surface area contributed by atoms with Gasteiger partial charge in [0, 0.05) is 23.9 Å². The Labute approximate surface area is 117 Å². The summed E-state index contributed by atoms with van der Waals surface area (Å²) in [6, 6.07) is 5.54. The van der Waals surface area contributed by atoms with Crippen LogP contribution in [0.4, 0.5) is 15.8 Å². The van der Waals surface area contributed by atoms with Gasteiger partial charge in [0.25, 0.3) is 11.6 Å². The van der Waals surface area contributed by atoms with Gasteiger partial charge in [-0.3, -0.25) is 14.9 Å². The maximum atomic E-state index is 13.5. The van der Waals surface area contributed by atoms with Crippen molar-refractivity contribution in [3.8, 4) is 0 Å². The summed E-state index contributed by atoms with van der Waals surface area (Å²) in [5.74, 6) is -1.42. The highest BCUT2D eigenvalue weighted by Crippen LogP contribution is 2.22. The lowest BCUT2D eigenvalue weighted by Crippen LogP contribution is -2.13. The third-order valence-electron chi connectivity index (χ3n) is 2.40. The monoisotopic (exact) mass is 295 g/mol. The molecule has 0 fully saturated rings. The number of nitro benzene ring substituents is 1. The first-order valence-electron chi connectivity index (χ1n) is 5.34. The molecule has 2 rings (SSSR count). The van der Waals surface area contributed by atoms with Crippen LogP contribution in [0.15, 0.2) is 36.5 Å². The number of nitro groups is 1. The first-order chi connectivity index (χ1) is 9.47. The fraction of sp³-hybridized carbons (Fsp3) is 0. The molecule has 8 heteroatoms. The third kappa shape index (κ3) is 3.07. The van der Waals surface area contributed by atoms with Crippen LogP contribution in [0, 0.1) is 15.9 Å². The van der Waals surface area contributed by atoms with E-state index in [1.54, 1.807) is 0 Å². The molecule has 0 aliphatic carbocycles. The van der Waals surface area contributed by atoms with E-state index in [1.807, 2.05) is 0 Å². The van der Waals surface area contributed by atoms with Crippen molar-refractivity contribution in [2.24, 2.45) is 0 Å². The van der Waals surface area contributed by atoms with E-state index in [2.05, 4.69) is 10.3 Å². The molecule has 0 bridgehead atoms. The van der Waals surface area contributed by atoms with Crippen LogP contribution in [0.3, 0.4) is 0 Å². The summed E-state index contributed by atoms with van der Waals surface area (Å²) in [5.41, 5.74) is -0.442. The van der Waals surface area contributed by atoms with Crippen LogP contribution in [-0.2, 0) is 0 Å². The van der Waals surface area contributed by atoms with Gasteiger partial charge in [0.2, 0.25) is 0 Å². The van der Waals surface area contributed by atoms with Crippen molar-refractivity contribution in [3.05, 3.63) is 63.2 Å². The molecule has 0 saturated heterocycles. The zero-order valence-electron chi connectivity index (χ0n) is 9.84. The van der Waals surface area contributed by atoms with Gasteiger partial charge in [0.05, 0.1) is 10.6 Å². The van der Waals surface area contributed by atoms with E-state index in [9.17, 15) is 19.3 Å². The Hall–Kier alpha value is -2.54. The van der Waals surface area contributed by atoms with Crippen LogP contribution >= 0.6 is 11.6 Å². The summed E-state index contributed by atoms with van der Waals surface area (Å²) >= 11 is 5.64. The minimum absolute atomic E-state index is 0.108. The van der Waals surface area contributed by atoms with Crippen molar-refractivity contribution in [2.75, 3.05) is 5.32 Å². The number of pyridine rings is 1. The van der Waals surface area contributed by atoms with Crippen LogP contribution in [0.1, 0.15) is 10.4 Å². The minimum atomic E-state index is -0.774. The third-order valence-corrected chi connectivity index (χ3v) is 2.60. The molecule has 1 N–H and O–H groups in total. The van der Waals surface area contributed by atoms with Crippen molar-refractivity contribution in [1.82, 2.24) is 4.98 Å². The molecule has 1 aromatic heterocycles. The zero-order valence-corrected chi connectivity index (χ0v) is 10.6. The Bertz CT molecular complexity index is 693. The van der Waals surface area contributed by atoms with E-state index in [4.69, 9.17) is 11.6 Å². The molecule has 20 heavy (non-hydrogen) atoms. The molecule has 1 amide bonds. The maximum absolute atomic E-state index is 13.5. The quantitative estimate of drug-likeness (QED) is 0.536. The van der Waals surface area contributed by atoms with Gasteiger partial charge in [-0.2, -0.15) is 0 Å². The van der Waals surface area contributed by atoms with Gasteiger partial charge in [0.15, 0.2) is 0 Å². The topological polar surface area (TPSA) is 85.1 Å². The molecule has 0 radical (unpaired) electrons. The molecule has 6 nitrogen and oxygen atoms in total. The van der Waals surface area contributed by atoms with Crippen LogP contribution in [0.2, 0.25) is 5.15 Å². The van der Waals surface area contributed by atoms with Crippen LogP contribution in [-0.4, -0.2) is 15.8 Å². The number of aromatic nitrogens is 1. The average Bonchev–Trinajstić information content (AvgIpc) is 2.41. The fourth-order valence-corrected chi connectivity index (χ4v) is 1.63. The predicted octanol–water partition coefficient (Wildman–Crippen LogP) is 3.03. The smallest absolute Gasteiger partial charge is 0.271 e. The summed E-state index contributed by atoms with van der Waals surface area (Å²) in [5, 5.41) is 13.0. The van der Waals surface area contributed by atoms with Crippen LogP contribution in [0.5, 0.6) is 0 Å². The van der Waals surface area contributed by atoms with Gasteiger partial charge in [-0.25, -0.2) is 9.37 Å². The molecule has 1 aromatic carbocycles. The Kier molecular flexibility index (Phi) is 3.90. The van der Waals surface area contributed by atoms with Gasteiger partial charge in [0.1, 0.15) is 11.0 Å². The number of rotatable bonds is 3. The average molecular weight is 296 g/mol. The number of benzene rings is 1. The van der Waals surface area contributed by atoms with Gasteiger partial charge in [-0.15, -0.1) is 0 Å². The Balaban J connectivity index is 2.27. The second-order valence-corrected chi connectivity index (χ2v) is 4.13. The molecule has 0 saturated carbocycles. The molecule has 0 aliphatic rings. The van der Waals surface area contributed by atoms with Crippen molar-refractivity contribution < 1.29 is 14.1 Å². The number of nitrogens with zero attached hydrogens (tertiary/aromatic N) is 2. The highest BCUT2D eigenvalue weighted by Gasteiger charge is 2.14. The van der Waals surface area contributed by atoms with Gasteiger partial charge < -0.3 is 5.32 Å². The van der Waals surface area contributed by atoms with Crippen LogP contribution in [0.25, 0.3) is 0 Å². The number of carbonyl (C=O) groups excluding carboxylic acids is 1. The number of hydrogen-bond donors (Lipinski definition) is 1. The summed E-state index contributed by atoms with van der Waals surface area (Å²) in [7, 11) is 0. The lowest BCUT2D eigenvalue weighted by atomic mass is 10.2. The van der Waals surface area contributed by atoms with E-state index < -0.39 is 16.6 Å². The first-order valence-corrected chi connectivity index (χ1v) is 5.72. The van der Waals surface area contributed by atoms with Gasteiger partial charge in [-0.1, -0.05) is 11.6 Å². The number of nitrogens with one attached hydrogen (secondary N) is 1. The first kappa shape index (κ1) is 13.9. The standard InChI is InChI=1S/C12H7ClFN3O3/c13-11-5-7(3-4-15-11)12(18)16-10-6-8(17(19)20)1-2-9(10)14/h1-6H,(H,16,18). The number of hydrogen-bond acceptors (Lipinski definition) is 4. The second-order valence-electron chi connectivity index (χ2n) is 3.74. The lowest BCUT2D eigenvalue weighted by molar-refractivity contribution is -0.384. The number of halogens is 2. The SMILES string of the molecule is O=C(Nc1cc([N+](=O)[O-])ccc1F)c1ccnc(Cl)c1. The van der Waals surface area contributed by atoms with E-state index >= 15 is 0 Å². The largest absolute Gasteiger partial charge is 0.319 e. The number of anilines is 1. The lowest BCUT2D eigenvalue weighted by Gasteiger charge is -2.06. The Morgan fingerprint density at radius 3 is 2.75 bits per heavy atom. The number of carbonyl (C=O) groups is 1.